The number of aromatic nitrogens is 3. The summed E-state index contributed by atoms with van der Waals surface area (Å²) in [6.07, 6.45) is 1.52. The van der Waals surface area contributed by atoms with E-state index in [0.717, 1.165) is 0 Å². The van der Waals surface area contributed by atoms with Crippen molar-refractivity contribution in [2.75, 3.05) is 0 Å². The minimum Gasteiger partial charge on any atom is -0.477 e. The van der Waals surface area contributed by atoms with Crippen LogP contribution >= 0.6 is 11.6 Å². The zero-order valence-corrected chi connectivity index (χ0v) is 11.2. The highest BCUT2D eigenvalue weighted by atomic mass is 35.5. The van der Waals surface area contributed by atoms with Crippen LogP contribution in [0.1, 0.15) is 21.7 Å². The van der Waals surface area contributed by atoms with Gasteiger partial charge in [-0.3, -0.25) is 9.48 Å². The Hall–Kier alpha value is -2.08. The summed E-state index contributed by atoms with van der Waals surface area (Å²) in [5, 5.41) is 13.5. The van der Waals surface area contributed by atoms with Crippen molar-refractivity contribution in [3.05, 3.63) is 50.7 Å². The molecule has 2 aromatic heterocycles. The molecule has 2 heterocycles. The Morgan fingerprint density at radius 1 is 1.53 bits per heavy atom. The van der Waals surface area contributed by atoms with Gasteiger partial charge in [-0.1, -0.05) is 11.6 Å². The molecule has 0 radical (unpaired) electrons. The minimum absolute atomic E-state index is 0.177. The maximum Gasteiger partial charge on any atom is 0.341 e. The smallest absolute Gasteiger partial charge is 0.341 e. The van der Waals surface area contributed by atoms with Crippen molar-refractivity contribution < 1.29 is 9.90 Å². The SMILES string of the molecule is Cc1nn(C)c(Cn2cccc(C(=O)O)c2=O)c1Cl. The maximum atomic E-state index is 12.0. The van der Waals surface area contributed by atoms with Crippen molar-refractivity contribution in [1.29, 1.82) is 0 Å². The molecule has 2 aromatic rings. The lowest BCUT2D eigenvalue weighted by molar-refractivity contribution is 0.0694. The lowest BCUT2D eigenvalue weighted by atomic mass is 10.2. The quantitative estimate of drug-likeness (QED) is 0.920. The predicted octanol–water partition coefficient (Wildman–Crippen LogP) is 1.29. The van der Waals surface area contributed by atoms with E-state index < -0.39 is 11.5 Å². The number of carboxylic acid groups (broad SMARTS) is 1. The first-order valence-corrected chi connectivity index (χ1v) is 5.90. The number of pyridine rings is 1. The molecule has 0 saturated heterocycles. The second-order valence-corrected chi connectivity index (χ2v) is 4.51. The summed E-state index contributed by atoms with van der Waals surface area (Å²) in [7, 11) is 1.72. The van der Waals surface area contributed by atoms with Gasteiger partial charge in [-0.2, -0.15) is 5.10 Å². The number of carboxylic acids is 1. The number of aromatic carboxylic acids is 1. The van der Waals surface area contributed by atoms with Gasteiger partial charge < -0.3 is 9.67 Å². The maximum absolute atomic E-state index is 12.0. The normalized spacial score (nSPS) is 10.7. The third-order valence-corrected chi connectivity index (χ3v) is 3.32. The van der Waals surface area contributed by atoms with E-state index in [1.165, 1.54) is 22.9 Å². The molecule has 0 amide bonds. The van der Waals surface area contributed by atoms with Crippen LogP contribution in [-0.2, 0) is 13.6 Å². The molecule has 100 valence electrons. The summed E-state index contributed by atoms with van der Waals surface area (Å²) in [6, 6.07) is 2.79. The van der Waals surface area contributed by atoms with Gasteiger partial charge in [0.05, 0.1) is 23.0 Å². The second-order valence-electron chi connectivity index (χ2n) is 4.13. The highest BCUT2D eigenvalue weighted by molar-refractivity contribution is 6.31. The third kappa shape index (κ3) is 2.39. The molecule has 0 aliphatic rings. The number of nitrogens with zero attached hydrogens (tertiary/aromatic N) is 3. The Balaban J connectivity index is 2.47. The van der Waals surface area contributed by atoms with E-state index in [1.807, 2.05) is 0 Å². The van der Waals surface area contributed by atoms with E-state index in [0.29, 0.717) is 16.4 Å². The summed E-state index contributed by atoms with van der Waals surface area (Å²) in [6.45, 7) is 1.94. The lowest BCUT2D eigenvalue weighted by Gasteiger charge is -2.07. The predicted molar refractivity (Wildman–Crippen MR) is 69.7 cm³/mol. The molecule has 0 aliphatic carbocycles. The third-order valence-electron chi connectivity index (χ3n) is 2.83. The molecule has 0 fully saturated rings. The zero-order valence-electron chi connectivity index (χ0n) is 10.4. The number of halogens is 1. The second kappa shape index (κ2) is 4.89. The van der Waals surface area contributed by atoms with E-state index in [9.17, 15) is 9.59 Å². The molecule has 0 unspecified atom stereocenters. The van der Waals surface area contributed by atoms with E-state index in [-0.39, 0.29) is 12.1 Å². The monoisotopic (exact) mass is 281 g/mol. The minimum atomic E-state index is -1.24. The largest absolute Gasteiger partial charge is 0.477 e. The van der Waals surface area contributed by atoms with Crippen molar-refractivity contribution in [3.63, 3.8) is 0 Å². The van der Waals surface area contributed by atoms with Gasteiger partial charge in [-0.25, -0.2) is 4.79 Å². The molecular formula is C12H12ClN3O3. The fraction of sp³-hybridized carbons (Fsp3) is 0.250. The number of carbonyl (C=O) groups is 1. The topological polar surface area (TPSA) is 77.1 Å². The first-order chi connectivity index (χ1) is 8.91. The Morgan fingerprint density at radius 3 is 2.74 bits per heavy atom. The van der Waals surface area contributed by atoms with Gasteiger partial charge in [-0.05, 0) is 19.1 Å². The zero-order chi connectivity index (χ0) is 14.2. The molecule has 6 nitrogen and oxygen atoms in total. The van der Waals surface area contributed by atoms with Gasteiger partial charge >= 0.3 is 5.97 Å². The molecular weight excluding hydrogens is 270 g/mol. The van der Waals surface area contributed by atoms with Crippen molar-refractivity contribution in [2.24, 2.45) is 7.05 Å². The highest BCUT2D eigenvalue weighted by Gasteiger charge is 2.14. The first-order valence-electron chi connectivity index (χ1n) is 5.52. The van der Waals surface area contributed by atoms with Gasteiger partial charge in [0.1, 0.15) is 5.56 Å². The summed E-state index contributed by atoms with van der Waals surface area (Å²) < 4.78 is 2.88. The van der Waals surface area contributed by atoms with Crippen molar-refractivity contribution >= 4 is 17.6 Å². The lowest BCUT2D eigenvalue weighted by Crippen LogP contribution is -2.26. The number of hydrogen-bond acceptors (Lipinski definition) is 3. The molecule has 0 aromatic carbocycles. The first kappa shape index (κ1) is 13.4. The van der Waals surface area contributed by atoms with Crippen LogP contribution in [0.5, 0.6) is 0 Å². The van der Waals surface area contributed by atoms with E-state index in [4.69, 9.17) is 16.7 Å². The molecule has 0 spiro atoms. The van der Waals surface area contributed by atoms with Crippen molar-refractivity contribution in [2.45, 2.75) is 13.5 Å². The van der Waals surface area contributed by atoms with E-state index >= 15 is 0 Å². The molecule has 0 aliphatic heterocycles. The Labute approximate surface area is 113 Å². The van der Waals surface area contributed by atoms with Crippen LogP contribution in [0.3, 0.4) is 0 Å². The van der Waals surface area contributed by atoms with Gasteiger partial charge in [-0.15, -0.1) is 0 Å². The van der Waals surface area contributed by atoms with Crippen LogP contribution < -0.4 is 5.56 Å². The van der Waals surface area contributed by atoms with Crippen molar-refractivity contribution in [1.82, 2.24) is 14.3 Å². The highest BCUT2D eigenvalue weighted by Crippen LogP contribution is 2.19. The van der Waals surface area contributed by atoms with Crippen LogP contribution in [0.15, 0.2) is 23.1 Å². The summed E-state index contributed by atoms with van der Waals surface area (Å²) in [5.74, 6) is -1.24. The van der Waals surface area contributed by atoms with Gasteiger partial charge in [0.25, 0.3) is 5.56 Å². The van der Waals surface area contributed by atoms with Gasteiger partial charge in [0.2, 0.25) is 0 Å². The Bertz CT molecular complexity index is 703. The molecule has 19 heavy (non-hydrogen) atoms. The fourth-order valence-corrected chi connectivity index (χ4v) is 2.06. The van der Waals surface area contributed by atoms with Crippen LogP contribution in [0.4, 0.5) is 0 Å². The fourth-order valence-electron chi connectivity index (χ4n) is 1.84. The van der Waals surface area contributed by atoms with Crippen molar-refractivity contribution in [3.8, 4) is 0 Å². The molecule has 1 N–H and O–H groups in total. The van der Waals surface area contributed by atoms with Crippen LogP contribution in [0, 0.1) is 6.92 Å². The van der Waals surface area contributed by atoms with E-state index in [1.54, 1.807) is 18.7 Å². The number of aryl methyl sites for hydroxylation is 2. The average molecular weight is 282 g/mol. The standard InChI is InChI=1S/C12H12ClN3O3/c1-7-10(13)9(15(2)14-7)6-16-5-3-4-8(11(16)17)12(18)19/h3-5H,6H2,1-2H3,(H,18,19). The summed E-state index contributed by atoms with van der Waals surface area (Å²) in [5.41, 5.74) is 0.493. The molecule has 0 saturated carbocycles. The molecule has 0 atom stereocenters. The van der Waals surface area contributed by atoms with E-state index in [2.05, 4.69) is 5.10 Å². The number of rotatable bonds is 3. The van der Waals surface area contributed by atoms with Crippen LogP contribution in [0.2, 0.25) is 5.02 Å². The summed E-state index contributed by atoms with van der Waals surface area (Å²) >= 11 is 6.10. The van der Waals surface area contributed by atoms with Gasteiger partial charge in [0.15, 0.2) is 0 Å². The Kier molecular flexibility index (Phi) is 3.44. The molecule has 7 heteroatoms. The summed E-state index contributed by atoms with van der Waals surface area (Å²) in [4.78, 5) is 22.9. The molecule has 0 bridgehead atoms. The molecule has 2 rings (SSSR count). The Morgan fingerprint density at radius 2 is 2.21 bits per heavy atom. The van der Waals surface area contributed by atoms with Crippen LogP contribution in [0.25, 0.3) is 0 Å². The number of hydrogen-bond donors (Lipinski definition) is 1. The average Bonchev–Trinajstić information content (AvgIpc) is 2.58. The van der Waals surface area contributed by atoms with Gasteiger partial charge in [0, 0.05) is 13.2 Å². The van der Waals surface area contributed by atoms with Crippen LogP contribution in [-0.4, -0.2) is 25.4 Å².